The lowest BCUT2D eigenvalue weighted by Gasteiger charge is -2.30. The van der Waals surface area contributed by atoms with E-state index in [4.69, 9.17) is 5.11 Å². The van der Waals surface area contributed by atoms with Crippen molar-refractivity contribution in [2.24, 2.45) is 17.8 Å². The van der Waals surface area contributed by atoms with E-state index in [9.17, 15) is 4.79 Å². The Morgan fingerprint density at radius 1 is 1.24 bits per heavy atom. The first kappa shape index (κ1) is 14.5. The van der Waals surface area contributed by atoms with Gasteiger partial charge in [-0.15, -0.1) is 0 Å². The number of rotatable bonds is 6. The molecule has 100 valence electrons. The predicted molar refractivity (Wildman–Crippen MR) is 70.0 cm³/mol. The quantitative estimate of drug-likeness (QED) is 0.777. The fraction of sp³-hybridized carbons (Fsp3) is 0.929. The van der Waals surface area contributed by atoms with Crippen molar-refractivity contribution in [1.82, 2.24) is 4.90 Å². The molecule has 0 saturated carbocycles. The van der Waals surface area contributed by atoms with Gasteiger partial charge in [0, 0.05) is 12.6 Å². The molecule has 3 nitrogen and oxygen atoms in total. The molecule has 0 aromatic carbocycles. The molecule has 1 aliphatic heterocycles. The molecule has 1 N–H and O–H groups in total. The zero-order valence-electron chi connectivity index (χ0n) is 11.6. The van der Waals surface area contributed by atoms with Crippen LogP contribution in [0.15, 0.2) is 0 Å². The summed E-state index contributed by atoms with van der Waals surface area (Å²) >= 11 is 0. The van der Waals surface area contributed by atoms with Crippen LogP contribution in [0.25, 0.3) is 0 Å². The molecule has 1 heterocycles. The van der Waals surface area contributed by atoms with Gasteiger partial charge >= 0.3 is 5.97 Å². The average molecular weight is 241 g/mol. The number of hydrogen-bond donors (Lipinski definition) is 1. The van der Waals surface area contributed by atoms with Gasteiger partial charge in [-0.05, 0) is 37.6 Å². The van der Waals surface area contributed by atoms with Crippen LogP contribution in [0.4, 0.5) is 0 Å². The Kier molecular flexibility index (Phi) is 5.44. The van der Waals surface area contributed by atoms with Crippen molar-refractivity contribution in [3.05, 3.63) is 0 Å². The second-order valence-electron chi connectivity index (χ2n) is 6.23. The summed E-state index contributed by atoms with van der Waals surface area (Å²) in [4.78, 5) is 13.4. The van der Waals surface area contributed by atoms with Gasteiger partial charge in [0.2, 0.25) is 0 Å². The third kappa shape index (κ3) is 4.66. The Morgan fingerprint density at radius 3 is 2.12 bits per heavy atom. The summed E-state index contributed by atoms with van der Waals surface area (Å²) in [5.74, 6) is 0.599. The van der Waals surface area contributed by atoms with E-state index in [1.54, 1.807) is 0 Å². The molecule has 1 saturated heterocycles. The monoisotopic (exact) mass is 241 g/mol. The molecule has 1 aliphatic rings. The van der Waals surface area contributed by atoms with Crippen molar-refractivity contribution in [1.29, 1.82) is 0 Å². The van der Waals surface area contributed by atoms with Crippen LogP contribution in [0.3, 0.4) is 0 Å². The Balaban J connectivity index is 2.55. The van der Waals surface area contributed by atoms with Crippen molar-refractivity contribution in [3.63, 3.8) is 0 Å². The average Bonchev–Trinajstić information content (AvgIpc) is 2.63. The van der Waals surface area contributed by atoms with E-state index in [0.29, 0.717) is 17.9 Å². The molecule has 0 bridgehead atoms. The van der Waals surface area contributed by atoms with Crippen LogP contribution in [0, 0.1) is 17.8 Å². The van der Waals surface area contributed by atoms with Crippen molar-refractivity contribution in [2.45, 2.75) is 53.0 Å². The van der Waals surface area contributed by atoms with Crippen molar-refractivity contribution >= 4 is 5.97 Å². The van der Waals surface area contributed by atoms with E-state index in [0.717, 1.165) is 19.5 Å². The van der Waals surface area contributed by atoms with Crippen LogP contribution in [0.5, 0.6) is 0 Å². The third-order valence-corrected chi connectivity index (χ3v) is 3.57. The Bertz CT molecular complexity index is 241. The summed E-state index contributed by atoms with van der Waals surface area (Å²) in [5, 5.41) is 9.05. The third-order valence-electron chi connectivity index (χ3n) is 3.57. The summed E-state index contributed by atoms with van der Waals surface area (Å²) in [6, 6.07) is 0.569. The largest absolute Gasteiger partial charge is 0.481 e. The van der Waals surface area contributed by atoms with Crippen LogP contribution in [0.1, 0.15) is 47.0 Å². The van der Waals surface area contributed by atoms with Crippen LogP contribution in [-0.4, -0.2) is 35.1 Å². The molecule has 1 unspecified atom stereocenters. The van der Waals surface area contributed by atoms with Gasteiger partial charge in [0.15, 0.2) is 0 Å². The summed E-state index contributed by atoms with van der Waals surface area (Å²) in [5.41, 5.74) is 0. The molecular formula is C14H27NO2. The summed E-state index contributed by atoms with van der Waals surface area (Å²) in [7, 11) is 0. The van der Waals surface area contributed by atoms with Gasteiger partial charge in [0.1, 0.15) is 0 Å². The zero-order valence-corrected chi connectivity index (χ0v) is 11.6. The lowest BCUT2D eigenvalue weighted by atomic mass is 9.94. The maximum absolute atomic E-state index is 11.0. The molecule has 0 aliphatic carbocycles. The number of nitrogens with zero attached hydrogens (tertiary/aromatic N) is 1. The highest BCUT2D eigenvalue weighted by Gasteiger charge is 2.32. The van der Waals surface area contributed by atoms with Crippen molar-refractivity contribution in [3.8, 4) is 0 Å². The lowest BCUT2D eigenvalue weighted by Crippen LogP contribution is -2.36. The molecule has 0 amide bonds. The molecule has 1 fully saturated rings. The second-order valence-corrected chi connectivity index (χ2v) is 6.23. The molecule has 0 aromatic heterocycles. The molecule has 0 spiro atoms. The molecule has 17 heavy (non-hydrogen) atoms. The summed E-state index contributed by atoms with van der Waals surface area (Å²) in [6.07, 6.45) is 3.19. The predicted octanol–water partition coefficient (Wildman–Crippen LogP) is 2.85. The van der Waals surface area contributed by atoms with Gasteiger partial charge in [0.25, 0.3) is 0 Å². The van der Waals surface area contributed by atoms with E-state index < -0.39 is 5.97 Å². The molecule has 3 heteroatoms. The Labute approximate surface area is 105 Å². The minimum Gasteiger partial charge on any atom is -0.481 e. The van der Waals surface area contributed by atoms with Crippen molar-refractivity contribution in [2.75, 3.05) is 13.1 Å². The molecule has 1 atom stereocenters. The zero-order chi connectivity index (χ0) is 13.0. The second kappa shape index (κ2) is 6.39. The van der Waals surface area contributed by atoms with Gasteiger partial charge < -0.3 is 5.11 Å². The van der Waals surface area contributed by atoms with E-state index in [1.165, 1.54) is 12.8 Å². The molecular weight excluding hydrogens is 214 g/mol. The fourth-order valence-electron chi connectivity index (χ4n) is 2.80. The van der Waals surface area contributed by atoms with Crippen LogP contribution in [0.2, 0.25) is 0 Å². The first-order valence-corrected chi connectivity index (χ1v) is 6.87. The summed E-state index contributed by atoms with van der Waals surface area (Å²) in [6.45, 7) is 10.7. The van der Waals surface area contributed by atoms with Crippen molar-refractivity contribution < 1.29 is 9.90 Å². The molecule has 1 rings (SSSR count). The van der Waals surface area contributed by atoms with Gasteiger partial charge in [-0.25, -0.2) is 0 Å². The Morgan fingerprint density at radius 2 is 1.76 bits per heavy atom. The van der Waals surface area contributed by atoms with E-state index in [-0.39, 0.29) is 5.92 Å². The van der Waals surface area contributed by atoms with Gasteiger partial charge in [-0.1, -0.05) is 27.7 Å². The highest BCUT2D eigenvalue weighted by molar-refractivity contribution is 5.70. The SMILES string of the molecule is CC(C)CC(CC(C)C)N1CCC(C(=O)O)C1. The molecule has 0 aromatic rings. The molecule has 0 radical (unpaired) electrons. The maximum Gasteiger partial charge on any atom is 0.307 e. The van der Waals surface area contributed by atoms with Gasteiger partial charge in [-0.3, -0.25) is 9.69 Å². The summed E-state index contributed by atoms with van der Waals surface area (Å²) < 4.78 is 0. The number of hydrogen-bond acceptors (Lipinski definition) is 2. The van der Waals surface area contributed by atoms with Crippen LogP contribution >= 0.6 is 0 Å². The first-order chi connectivity index (χ1) is 7.90. The van der Waals surface area contributed by atoms with Gasteiger partial charge in [0.05, 0.1) is 5.92 Å². The fourth-order valence-corrected chi connectivity index (χ4v) is 2.80. The maximum atomic E-state index is 11.0. The van der Waals surface area contributed by atoms with Crippen LogP contribution in [-0.2, 0) is 4.79 Å². The van der Waals surface area contributed by atoms with E-state index in [1.807, 2.05) is 0 Å². The smallest absolute Gasteiger partial charge is 0.307 e. The highest BCUT2D eigenvalue weighted by atomic mass is 16.4. The number of aliphatic carboxylic acids is 1. The standard InChI is InChI=1S/C14H27NO2/c1-10(2)7-13(8-11(3)4)15-6-5-12(9-15)14(16)17/h10-13H,5-9H2,1-4H3,(H,16,17). The number of carboxylic acid groups (broad SMARTS) is 1. The van der Waals surface area contributed by atoms with E-state index in [2.05, 4.69) is 32.6 Å². The first-order valence-electron chi connectivity index (χ1n) is 6.87. The number of carboxylic acids is 1. The van der Waals surface area contributed by atoms with Crippen LogP contribution < -0.4 is 0 Å². The number of carbonyl (C=O) groups is 1. The topological polar surface area (TPSA) is 40.5 Å². The van der Waals surface area contributed by atoms with E-state index >= 15 is 0 Å². The van der Waals surface area contributed by atoms with Gasteiger partial charge in [-0.2, -0.15) is 0 Å². The minimum absolute atomic E-state index is 0.142. The normalized spacial score (nSPS) is 21.9. The lowest BCUT2D eigenvalue weighted by molar-refractivity contribution is -0.141. The minimum atomic E-state index is -0.625. The number of likely N-dealkylation sites (tertiary alicyclic amines) is 1. The Hall–Kier alpha value is -0.570. The highest BCUT2D eigenvalue weighted by Crippen LogP contribution is 2.25.